The van der Waals surface area contributed by atoms with E-state index >= 15 is 0 Å². The number of methoxy groups -OCH3 is 2. The summed E-state index contributed by atoms with van der Waals surface area (Å²) in [6.07, 6.45) is 18.3. The molecular weight excluding hydrogens is 613 g/mol. The molecule has 0 bridgehead atoms. The lowest BCUT2D eigenvalue weighted by Gasteiger charge is -2.54. The van der Waals surface area contributed by atoms with Crippen molar-refractivity contribution in [1.29, 1.82) is 0 Å². The van der Waals surface area contributed by atoms with Crippen LogP contribution in [0.4, 0.5) is 0 Å². The first-order valence-electron chi connectivity index (χ1n) is 22.0. The van der Waals surface area contributed by atoms with E-state index in [9.17, 15) is 0 Å². The van der Waals surface area contributed by atoms with Crippen molar-refractivity contribution in [2.24, 2.45) is 93.7 Å². The van der Waals surface area contributed by atoms with E-state index < -0.39 is 8.07 Å². The first-order valence-corrected chi connectivity index (χ1v) is 25.1. The SMILES string of the molecule is COC1C(C)CC2C(CC(C)C2[Si](C)(C)C2C(C)CC3C2CC(C)C(OC)C3C2CCC(C(C)(C)C)CC2)C1C1CCC(C(C)(C)C)CC1. The maximum Gasteiger partial charge on any atom is 0.0630 e. The standard InChI is InChI=1S/C46H84O2Si/c1-27-23-37-35(39(41(27)47-11)31-15-19-33(20-16-31)45(5,6)7)25-29(3)43(37)49(13,14)44-30(4)26-36-38(44)24-28(2)42(48-12)40(36)32-17-21-34(22-18-32)46(8,9)10/h27-44H,15-26H2,1-14H3. The second-order valence-corrected chi connectivity index (χ2v) is 27.9. The average molecular weight is 697 g/mol. The lowest BCUT2D eigenvalue weighted by molar-refractivity contribution is -0.0889. The highest BCUT2D eigenvalue weighted by atomic mass is 28.3. The first-order chi connectivity index (χ1) is 22.9. The summed E-state index contributed by atoms with van der Waals surface area (Å²) in [4.78, 5) is 0. The van der Waals surface area contributed by atoms with Gasteiger partial charge in [0.15, 0.2) is 0 Å². The number of ether oxygens (including phenoxy) is 2. The highest BCUT2D eigenvalue weighted by Gasteiger charge is 2.63. The Bertz CT molecular complexity index is 1000. The van der Waals surface area contributed by atoms with Crippen molar-refractivity contribution in [2.75, 3.05) is 14.2 Å². The molecule has 284 valence electrons. The third-order valence-corrected chi connectivity index (χ3v) is 23.5. The van der Waals surface area contributed by atoms with Crippen LogP contribution < -0.4 is 0 Å². The maximum atomic E-state index is 6.54. The Labute approximate surface area is 307 Å². The molecule has 2 nitrogen and oxygen atoms in total. The highest BCUT2D eigenvalue weighted by molar-refractivity contribution is 6.80. The number of hydrogen-bond donors (Lipinski definition) is 0. The number of fused-ring (bicyclic) bond motifs is 2. The summed E-state index contributed by atoms with van der Waals surface area (Å²) >= 11 is 0. The van der Waals surface area contributed by atoms with Crippen LogP contribution in [0, 0.1) is 93.7 Å². The van der Waals surface area contributed by atoms with Crippen LogP contribution in [0.3, 0.4) is 0 Å². The van der Waals surface area contributed by atoms with E-state index in [4.69, 9.17) is 9.47 Å². The second kappa shape index (κ2) is 14.4. The summed E-state index contributed by atoms with van der Waals surface area (Å²) in [6, 6.07) is 0. The molecule has 0 aromatic heterocycles. The minimum Gasteiger partial charge on any atom is -0.381 e. The molecule has 6 aliphatic rings. The van der Waals surface area contributed by atoms with Crippen molar-refractivity contribution in [3.63, 3.8) is 0 Å². The summed E-state index contributed by atoms with van der Waals surface area (Å²) < 4.78 is 13.1. The Hall–Kier alpha value is 0.137. The fourth-order valence-corrected chi connectivity index (χ4v) is 22.9. The summed E-state index contributed by atoms with van der Waals surface area (Å²) in [5.41, 5.74) is 2.87. The molecular formula is C46H84O2Si. The normalized spacial score (nSPS) is 49.8. The lowest BCUT2D eigenvalue weighted by atomic mass is 9.58. The van der Waals surface area contributed by atoms with Gasteiger partial charge >= 0.3 is 0 Å². The molecule has 0 heterocycles. The minimum atomic E-state index is -1.61. The molecule has 3 heteroatoms. The monoisotopic (exact) mass is 697 g/mol. The Kier molecular flexibility index (Phi) is 11.4. The van der Waals surface area contributed by atoms with E-state index in [0.29, 0.717) is 34.9 Å². The molecule has 0 aromatic carbocycles. The fraction of sp³-hybridized carbons (Fsp3) is 1.00. The smallest absolute Gasteiger partial charge is 0.0630 e. The van der Waals surface area contributed by atoms with Crippen molar-refractivity contribution in [3.8, 4) is 0 Å². The average Bonchev–Trinajstić information content (AvgIpc) is 3.54. The van der Waals surface area contributed by atoms with Crippen LogP contribution in [-0.2, 0) is 9.47 Å². The topological polar surface area (TPSA) is 18.5 Å². The van der Waals surface area contributed by atoms with E-state index in [2.05, 4.69) is 96.6 Å². The first kappa shape index (κ1) is 38.8. The molecule has 0 aromatic rings. The number of hydrogen-bond acceptors (Lipinski definition) is 2. The van der Waals surface area contributed by atoms with Gasteiger partial charge in [-0.2, -0.15) is 0 Å². The molecule has 0 radical (unpaired) electrons. The van der Waals surface area contributed by atoms with E-state index in [1.54, 1.807) is 0 Å². The van der Waals surface area contributed by atoms with Gasteiger partial charge in [-0.1, -0.05) is 82.3 Å². The third-order valence-electron chi connectivity index (χ3n) is 18.0. The summed E-state index contributed by atoms with van der Waals surface area (Å²) in [5.74, 6) is 12.0. The van der Waals surface area contributed by atoms with Gasteiger partial charge in [0.25, 0.3) is 0 Å². The van der Waals surface area contributed by atoms with Gasteiger partial charge in [0.1, 0.15) is 0 Å². The van der Waals surface area contributed by atoms with Crippen LogP contribution in [-0.4, -0.2) is 34.5 Å². The molecule has 6 aliphatic carbocycles. The Morgan fingerprint density at radius 3 is 1.04 bits per heavy atom. The zero-order valence-corrected chi connectivity index (χ0v) is 36.2. The van der Waals surface area contributed by atoms with Gasteiger partial charge in [-0.15, -0.1) is 0 Å². The Morgan fingerprint density at radius 2 is 0.755 bits per heavy atom. The van der Waals surface area contributed by atoms with Crippen LogP contribution in [0.2, 0.25) is 24.2 Å². The van der Waals surface area contributed by atoms with Crippen molar-refractivity contribution in [3.05, 3.63) is 0 Å². The van der Waals surface area contributed by atoms with Crippen molar-refractivity contribution < 1.29 is 9.47 Å². The van der Waals surface area contributed by atoms with E-state index in [1.807, 2.05) is 0 Å². The van der Waals surface area contributed by atoms with Crippen molar-refractivity contribution in [1.82, 2.24) is 0 Å². The second-order valence-electron chi connectivity index (χ2n) is 22.9. The summed E-state index contributed by atoms with van der Waals surface area (Å²) in [5, 5.41) is 0. The molecule has 6 fully saturated rings. The van der Waals surface area contributed by atoms with Gasteiger partial charge in [-0.3, -0.25) is 0 Å². The van der Waals surface area contributed by atoms with E-state index in [1.165, 1.54) is 77.0 Å². The number of rotatable bonds is 6. The largest absolute Gasteiger partial charge is 0.381 e. The summed E-state index contributed by atoms with van der Waals surface area (Å²) in [6.45, 7) is 31.4. The molecule has 0 amide bonds. The fourth-order valence-electron chi connectivity index (χ4n) is 16.3. The molecule has 0 saturated heterocycles. The predicted octanol–water partition coefficient (Wildman–Crippen LogP) is 13.0. The van der Waals surface area contributed by atoms with Gasteiger partial charge in [-0.25, -0.2) is 0 Å². The Balaban J connectivity index is 1.24. The lowest BCUT2D eigenvalue weighted by Crippen LogP contribution is -2.52. The molecule has 14 atom stereocenters. The molecule has 6 saturated carbocycles. The molecule has 0 spiro atoms. The molecule has 0 N–H and O–H groups in total. The van der Waals surface area contributed by atoms with Gasteiger partial charge in [0.05, 0.1) is 20.3 Å². The van der Waals surface area contributed by atoms with Crippen LogP contribution in [0.25, 0.3) is 0 Å². The van der Waals surface area contributed by atoms with Gasteiger partial charge < -0.3 is 9.47 Å². The minimum absolute atomic E-state index is 0.456. The van der Waals surface area contributed by atoms with Crippen LogP contribution >= 0.6 is 0 Å². The quantitative estimate of drug-likeness (QED) is 0.257. The van der Waals surface area contributed by atoms with Gasteiger partial charge in [-0.05, 0) is 182 Å². The van der Waals surface area contributed by atoms with E-state index in [0.717, 1.165) is 82.1 Å². The van der Waals surface area contributed by atoms with Crippen molar-refractivity contribution in [2.45, 2.75) is 183 Å². The zero-order valence-electron chi connectivity index (χ0n) is 35.2. The Morgan fingerprint density at radius 1 is 0.449 bits per heavy atom. The third kappa shape index (κ3) is 7.10. The van der Waals surface area contributed by atoms with Gasteiger partial charge in [0.2, 0.25) is 0 Å². The zero-order chi connectivity index (χ0) is 35.8. The maximum absolute atomic E-state index is 6.54. The molecule has 0 aliphatic heterocycles. The predicted molar refractivity (Wildman–Crippen MR) is 212 cm³/mol. The molecule has 14 unspecified atom stereocenters. The van der Waals surface area contributed by atoms with Gasteiger partial charge in [0, 0.05) is 14.2 Å². The van der Waals surface area contributed by atoms with Crippen LogP contribution in [0.1, 0.15) is 146 Å². The summed E-state index contributed by atoms with van der Waals surface area (Å²) in [7, 11) is 2.51. The molecule has 6 rings (SSSR count). The van der Waals surface area contributed by atoms with Crippen molar-refractivity contribution >= 4 is 8.07 Å². The molecule has 49 heavy (non-hydrogen) atoms. The van der Waals surface area contributed by atoms with Crippen LogP contribution in [0.5, 0.6) is 0 Å². The highest BCUT2D eigenvalue weighted by Crippen LogP contribution is 2.68. The van der Waals surface area contributed by atoms with E-state index in [-0.39, 0.29) is 0 Å². The van der Waals surface area contributed by atoms with Crippen LogP contribution in [0.15, 0.2) is 0 Å².